The summed E-state index contributed by atoms with van der Waals surface area (Å²) < 4.78 is 38.7. The van der Waals surface area contributed by atoms with E-state index in [2.05, 4.69) is 15.9 Å². The molecule has 0 aromatic heterocycles. The normalized spacial score (nSPS) is 20.5. The zero-order chi connectivity index (χ0) is 15.6. The number of nitrogens with zero attached hydrogens (tertiary/aromatic N) is 2. The largest absolute Gasteiger partial charge is 0.393 e. The Labute approximate surface area is 128 Å². The van der Waals surface area contributed by atoms with Gasteiger partial charge in [0.25, 0.3) is 5.69 Å². The average molecular weight is 367 g/mol. The van der Waals surface area contributed by atoms with Gasteiger partial charge in [-0.1, -0.05) is 12.1 Å². The number of halogens is 4. The number of hydrogen-bond donors (Lipinski definition) is 0. The molecule has 1 atom stereocenters. The lowest BCUT2D eigenvalue weighted by atomic mass is 9.97. The van der Waals surface area contributed by atoms with E-state index in [1.807, 2.05) is 0 Å². The third kappa shape index (κ3) is 3.94. The number of rotatable bonds is 3. The van der Waals surface area contributed by atoms with E-state index in [9.17, 15) is 23.3 Å². The summed E-state index contributed by atoms with van der Waals surface area (Å²) in [6.45, 7) is 0.787. The molecular formula is C13H14BrF3N2O2. The smallest absolute Gasteiger partial charge is 0.298 e. The van der Waals surface area contributed by atoms with Gasteiger partial charge in [-0.15, -0.1) is 0 Å². The second-order valence-corrected chi connectivity index (χ2v) is 5.92. The lowest BCUT2D eigenvalue weighted by Gasteiger charge is -2.33. The fourth-order valence-corrected chi connectivity index (χ4v) is 3.07. The van der Waals surface area contributed by atoms with Crippen LogP contribution in [0, 0.1) is 16.0 Å². The highest BCUT2D eigenvalue weighted by Gasteiger charge is 2.41. The van der Waals surface area contributed by atoms with E-state index in [4.69, 9.17) is 0 Å². The van der Waals surface area contributed by atoms with Gasteiger partial charge in [0.15, 0.2) is 0 Å². The van der Waals surface area contributed by atoms with Gasteiger partial charge in [0.1, 0.15) is 0 Å². The van der Waals surface area contributed by atoms with E-state index >= 15 is 0 Å². The van der Waals surface area contributed by atoms with Gasteiger partial charge in [0.05, 0.1) is 15.3 Å². The SMILES string of the molecule is O=[N+]([O-])c1cccc(CN2CCCC(C(F)(F)F)C2)c1Br. The van der Waals surface area contributed by atoms with Gasteiger partial charge in [-0.2, -0.15) is 13.2 Å². The van der Waals surface area contributed by atoms with Crippen LogP contribution in [0.4, 0.5) is 18.9 Å². The summed E-state index contributed by atoms with van der Waals surface area (Å²) in [6, 6.07) is 4.60. The molecule has 1 aromatic carbocycles. The molecule has 0 aliphatic carbocycles. The first-order valence-corrected chi connectivity index (χ1v) is 7.29. The molecule has 1 heterocycles. The Bertz CT molecular complexity index is 537. The molecule has 1 unspecified atom stereocenters. The summed E-state index contributed by atoms with van der Waals surface area (Å²) in [5.74, 6) is -1.32. The van der Waals surface area contributed by atoms with Crippen molar-refractivity contribution < 1.29 is 18.1 Å². The molecule has 1 aliphatic rings. The number of piperidine rings is 1. The number of hydrogen-bond acceptors (Lipinski definition) is 3. The number of nitro benzene ring substituents is 1. The predicted molar refractivity (Wildman–Crippen MR) is 74.9 cm³/mol. The van der Waals surface area contributed by atoms with Crippen LogP contribution in [0.3, 0.4) is 0 Å². The molecule has 1 saturated heterocycles. The summed E-state index contributed by atoms with van der Waals surface area (Å²) in [7, 11) is 0. The molecule has 21 heavy (non-hydrogen) atoms. The number of benzene rings is 1. The molecule has 8 heteroatoms. The van der Waals surface area contributed by atoms with Crippen molar-refractivity contribution in [2.24, 2.45) is 5.92 Å². The highest BCUT2D eigenvalue weighted by atomic mass is 79.9. The molecule has 1 aliphatic heterocycles. The molecule has 0 bridgehead atoms. The minimum atomic E-state index is -4.18. The summed E-state index contributed by atoms with van der Waals surface area (Å²) >= 11 is 3.17. The molecule has 2 rings (SSSR count). The Balaban J connectivity index is 2.12. The molecule has 0 radical (unpaired) electrons. The fourth-order valence-electron chi connectivity index (χ4n) is 2.54. The molecule has 0 N–H and O–H groups in total. The van der Waals surface area contributed by atoms with Crippen molar-refractivity contribution in [1.29, 1.82) is 0 Å². The first kappa shape index (κ1) is 16.2. The van der Waals surface area contributed by atoms with Gasteiger partial charge < -0.3 is 0 Å². The van der Waals surface area contributed by atoms with Gasteiger partial charge in [0.2, 0.25) is 0 Å². The van der Waals surface area contributed by atoms with E-state index in [-0.39, 0.29) is 25.2 Å². The van der Waals surface area contributed by atoms with E-state index in [1.165, 1.54) is 6.07 Å². The Kier molecular flexibility index (Phi) is 4.88. The maximum Gasteiger partial charge on any atom is 0.393 e. The molecule has 4 nitrogen and oxygen atoms in total. The number of nitro groups is 1. The molecule has 116 valence electrons. The Morgan fingerprint density at radius 1 is 1.43 bits per heavy atom. The number of alkyl halides is 3. The van der Waals surface area contributed by atoms with Crippen molar-refractivity contribution in [2.75, 3.05) is 13.1 Å². The van der Waals surface area contributed by atoms with Crippen LogP contribution in [0.25, 0.3) is 0 Å². The van der Waals surface area contributed by atoms with Crippen molar-refractivity contribution >= 4 is 21.6 Å². The van der Waals surface area contributed by atoms with Crippen LogP contribution < -0.4 is 0 Å². The van der Waals surface area contributed by atoms with Crippen molar-refractivity contribution in [1.82, 2.24) is 4.90 Å². The summed E-state index contributed by atoms with van der Waals surface area (Å²) in [4.78, 5) is 12.1. The molecule has 0 amide bonds. The summed E-state index contributed by atoms with van der Waals surface area (Å²) in [5, 5.41) is 10.9. The maximum atomic E-state index is 12.8. The fraction of sp³-hybridized carbons (Fsp3) is 0.538. The predicted octanol–water partition coefficient (Wildman–Crippen LogP) is 4.13. The number of likely N-dealkylation sites (tertiary alicyclic amines) is 1. The zero-order valence-electron chi connectivity index (χ0n) is 11.1. The van der Waals surface area contributed by atoms with E-state index in [1.54, 1.807) is 17.0 Å². The van der Waals surface area contributed by atoms with E-state index in [0.717, 1.165) is 0 Å². The minimum Gasteiger partial charge on any atom is -0.298 e. The first-order chi connectivity index (χ1) is 9.79. The Morgan fingerprint density at radius 2 is 2.14 bits per heavy atom. The van der Waals surface area contributed by atoms with Crippen molar-refractivity contribution in [3.05, 3.63) is 38.3 Å². The van der Waals surface area contributed by atoms with Gasteiger partial charge in [-0.3, -0.25) is 15.0 Å². The van der Waals surface area contributed by atoms with Gasteiger partial charge >= 0.3 is 6.18 Å². The first-order valence-electron chi connectivity index (χ1n) is 6.50. The highest BCUT2D eigenvalue weighted by molar-refractivity contribution is 9.10. The van der Waals surface area contributed by atoms with Crippen LogP contribution in [0.2, 0.25) is 0 Å². The summed E-state index contributed by atoms with van der Waals surface area (Å²) in [5.41, 5.74) is 0.559. The van der Waals surface area contributed by atoms with Gasteiger partial charge in [-0.25, -0.2) is 0 Å². The van der Waals surface area contributed by atoms with Crippen LogP contribution in [0.15, 0.2) is 22.7 Å². The van der Waals surface area contributed by atoms with Crippen molar-refractivity contribution in [3.8, 4) is 0 Å². The van der Waals surface area contributed by atoms with Crippen molar-refractivity contribution in [2.45, 2.75) is 25.6 Å². The second-order valence-electron chi connectivity index (χ2n) is 5.12. The van der Waals surface area contributed by atoms with Gasteiger partial charge in [-0.05, 0) is 40.9 Å². The molecule has 0 spiro atoms. The van der Waals surface area contributed by atoms with Crippen LogP contribution in [-0.4, -0.2) is 29.1 Å². The maximum absolute atomic E-state index is 12.8. The van der Waals surface area contributed by atoms with Crippen LogP contribution >= 0.6 is 15.9 Å². The molecule has 1 aromatic rings. The van der Waals surface area contributed by atoms with Crippen LogP contribution in [0.5, 0.6) is 0 Å². The molecular weight excluding hydrogens is 353 g/mol. The van der Waals surface area contributed by atoms with E-state index in [0.29, 0.717) is 23.0 Å². The second kappa shape index (κ2) is 6.31. The molecule has 1 fully saturated rings. The monoisotopic (exact) mass is 366 g/mol. The third-order valence-electron chi connectivity index (χ3n) is 3.62. The molecule has 0 saturated carbocycles. The lowest BCUT2D eigenvalue weighted by molar-refractivity contribution is -0.385. The lowest BCUT2D eigenvalue weighted by Crippen LogP contribution is -2.41. The summed E-state index contributed by atoms with van der Waals surface area (Å²) in [6.07, 6.45) is -3.55. The van der Waals surface area contributed by atoms with Crippen LogP contribution in [0.1, 0.15) is 18.4 Å². The minimum absolute atomic E-state index is 0.0569. The van der Waals surface area contributed by atoms with E-state index < -0.39 is 17.0 Å². The van der Waals surface area contributed by atoms with Crippen molar-refractivity contribution in [3.63, 3.8) is 0 Å². The highest BCUT2D eigenvalue weighted by Crippen LogP contribution is 2.35. The Hall–Kier alpha value is -1.15. The average Bonchev–Trinajstić information content (AvgIpc) is 2.40. The quantitative estimate of drug-likeness (QED) is 0.596. The third-order valence-corrected chi connectivity index (χ3v) is 4.53. The van der Waals surface area contributed by atoms with Gasteiger partial charge in [0, 0.05) is 19.2 Å². The topological polar surface area (TPSA) is 46.4 Å². The Morgan fingerprint density at radius 3 is 2.76 bits per heavy atom. The standard InChI is InChI=1S/C13H14BrF3N2O2/c14-12-9(3-1-5-11(12)19(20)21)7-18-6-2-4-10(8-18)13(15,16)17/h1,3,5,10H,2,4,6-8H2. The zero-order valence-corrected chi connectivity index (χ0v) is 12.7. The van der Waals surface area contributed by atoms with Crippen LogP contribution in [-0.2, 0) is 6.54 Å².